The maximum atomic E-state index is 10.1. The maximum absolute atomic E-state index is 10.1. The second-order valence-corrected chi connectivity index (χ2v) is 7.15. The number of hydrogen-bond acceptors (Lipinski definition) is 5. The normalized spacial score (nSPS) is 25.4. The molecule has 3 unspecified atom stereocenters. The first-order valence-corrected chi connectivity index (χ1v) is 9.52. The van der Waals surface area contributed by atoms with Crippen LogP contribution in [0.1, 0.15) is 36.1 Å². The van der Waals surface area contributed by atoms with Gasteiger partial charge >= 0.3 is 0 Å². The van der Waals surface area contributed by atoms with E-state index >= 15 is 0 Å². The molecule has 1 aliphatic rings. The Hall–Kier alpha value is -1.63. The lowest BCUT2D eigenvalue weighted by molar-refractivity contribution is -0.181. The van der Waals surface area contributed by atoms with Crippen molar-refractivity contribution in [2.45, 2.75) is 44.2 Å². The van der Waals surface area contributed by atoms with Crippen LogP contribution in [0.4, 0.5) is 0 Å². The van der Waals surface area contributed by atoms with Crippen LogP contribution in [0, 0.1) is 0 Å². The highest BCUT2D eigenvalue weighted by Crippen LogP contribution is 2.34. The fraction of sp³-hybridized carbons (Fsp3) is 0.429. The molecule has 27 heavy (non-hydrogen) atoms. The van der Waals surface area contributed by atoms with Crippen molar-refractivity contribution in [3.63, 3.8) is 0 Å². The number of benzene rings is 2. The number of rotatable bonds is 6. The summed E-state index contributed by atoms with van der Waals surface area (Å²) in [6.07, 6.45) is -2.31. The number of aliphatic hydroxyl groups excluding tert-OH is 3. The molecule has 4 atom stereocenters. The molecule has 1 heterocycles. The van der Waals surface area contributed by atoms with E-state index in [4.69, 9.17) is 21.1 Å². The van der Waals surface area contributed by atoms with Crippen molar-refractivity contribution in [2.75, 3.05) is 13.2 Å². The van der Waals surface area contributed by atoms with Gasteiger partial charge in [-0.05, 0) is 48.2 Å². The molecule has 0 amide bonds. The van der Waals surface area contributed by atoms with E-state index in [1.54, 1.807) is 0 Å². The van der Waals surface area contributed by atoms with Gasteiger partial charge in [0, 0.05) is 11.4 Å². The summed E-state index contributed by atoms with van der Waals surface area (Å²) < 4.78 is 11.2. The molecule has 0 aromatic heterocycles. The molecular formula is C21H25ClO5. The third kappa shape index (κ3) is 4.81. The highest BCUT2D eigenvalue weighted by atomic mass is 35.5. The van der Waals surface area contributed by atoms with Crippen molar-refractivity contribution in [1.82, 2.24) is 0 Å². The van der Waals surface area contributed by atoms with Crippen molar-refractivity contribution in [1.29, 1.82) is 0 Å². The monoisotopic (exact) mass is 392 g/mol. The first-order valence-electron chi connectivity index (χ1n) is 9.14. The zero-order valence-electron chi connectivity index (χ0n) is 15.2. The van der Waals surface area contributed by atoms with Crippen LogP contribution in [0.25, 0.3) is 0 Å². The van der Waals surface area contributed by atoms with Gasteiger partial charge in [0.25, 0.3) is 0 Å². The van der Waals surface area contributed by atoms with Gasteiger partial charge in [-0.2, -0.15) is 0 Å². The fourth-order valence-electron chi connectivity index (χ4n) is 3.34. The van der Waals surface area contributed by atoms with E-state index in [0.717, 1.165) is 22.4 Å². The summed E-state index contributed by atoms with van der Waals surface area (Å²) in [4.78, 5) is 0. The summed E-state index contributed by atoms with van der Waals surface area (Å²) >= 11 is 6.38. The molecule has 6 heteroatoms. The molecule has 2 aromatic carbocycles. The minimum absolute atomic E-state index is 0.266. The number of hydrogen-bond donors (Lipinski definition) is 3. The van der Waals surface area contributed by atoms with Crippen LogP contribution >= 0.6 is 11.6 Å². The van der Waals surface area contributed by atoms with E-state index in [9.17, 15) is 15.3 Å². The lowest BCUT2D eigenvalue weighted by Crippen LogP contribution is -2.47. The van der Waals surface area contributed by atoms with Crippen molar-refractivity contribution in [2.24, 2.45) is 0 Å². The maximum Gasteiger partial charge on any atom is 0.119 e. The molecule has 3 rings (SSSR count). The summed E-state index contributed by atoms with van der Waals surface area (Å²) in [6, 6.07) is 13.5. The molecule has 1 aliphatic heterocycles. The summed E-state index contributed by atoms with van der Waals surface area (Å²) in [5.41, 5.74) is 2.92. The Bertz CT molecular complexity index is 749. The largest absolute Gasteiger partial charge is 0.494 e. The predicted molar refractivity (Wildman–Crippen MR) is 103 cm³/mol. The van der Waals surface area contributed by atoms with E-state index in [1.165, 1.54) is 0 Å². The van der Waals surface area contributed by atoms with Crippen LogP contribution in [0.5, 0.6) is 5.75 Å². The molecular weight excluding hydrogens is 368 g/mol. The van der Waals surface area contributed by atoms with Crippen LogP contribution in [0.3, 0.4) is 0 Å². The highest BCUT2D eigenvalue weighted by molar-refractivity contribution is 6.31. The van der Waals surface area contributed by atoms with E-state index in [0.29, 0.717) is 18.1 Å². The van der Waals surface area contributed by atoms with Crippen LogP contribution in [0.2, 0.25) is 5.02 Å². The molecule has 0 saturated carbocycles. The van der Waals surface area contributed by atoms with Gasteiger partial charge in [0.1, 0.15) is 18.0 Å². The molecule has 1 fully saturated rings. The summed E-state index contributed by atoms with van der Waals surface area (Å²) in [6.45, 7) is 2.23. The quantitative estimate of drug-likeness (QED) is 0.704. The second-order valence-electron chi connectivity index (χ2n) is 6.74. The Morgan fingerprint density at radius 3 is 2.56 bits per heavy atom. The zero-order valence-corrected chi connectivity index (χ0v) is 16.0. The Labute approximate surface area is 164 Å². The van der Waals surface area contributed by atoms with E-state index in [-0.39, 0.29) is 13.0 Å². The highest BCUT2D eigenvalue weighted by Gasteiger charge is 2.37. The van der Waals surface area contributed by atoms with Crippen molar-refractivity contribution in [3.05, 3.63) is 64.2 Å². The fourth-order valence-corrected chi connectivity index (χ4v) is 3.52. The smallest absolute Gasteiger partial charge is 0.119 e. The van der Waals surface area contributed by atoms with Gasteiger partial charge in [-0.25, -0.2) is 0 Å². The Kier molecular flexibility index (Phi) is 6.73. The van der Waals surface area contributed by atoms with Gasteiger partial charge in [0.15, 0.2) is 0 Å². The van der Waals surface area contributed by atoms with E-state index in [1.807, 2.05) is 49.4 Å². The standard InChI is InChI=1S/C21H25ClO5/c1-2-26-16-6-3-13(4-7-16)9-15-10-14(5-8-17(15)22)19-11-18(24)21(25)20(12-23)27-19/h3-8,10,18-21,23-25H,2,9,11-12H2,1H3/t18?,19?,20?,21-/m1/s1. The lowest BCUT2D eigenvalue weighted by atomic mass is 9.92. The van der Waals surface area contributed by atoms with E-state index < -0.39 is 24.4 Å². The van der Waals surface area contributed by atoms with E-state index in [2.05, 4.69) is 0 Å². The molecule has 146 valence electrons. The third-order valence-corrected chi connectivity index (χ3v) is 5.19. The van der Waals surface area contributed by atoms with Crippen molar-refractivity contribution in [3.8, 4) is 5.75 Å². The van der Waals surface area contributed by atoms with Crippen LogP contribution < -0.4 is 4.74 Å². The minimum Gasteiger partial charge on any atom is -0.494 e. The molecule has 0 spiro atoms. The summed E-state index contributed by atoms with van der Waals surface area (Å²) in [7, 11) is 0. The van der Waals surface area contributed by atoms with Crippen LogP contribution in [-0.4, -0.2) is 46.8 Å². The van der Waals surface area contributed by atoms with Gasteiger partial charge < -0.3 is 24.8 Å². The summed E-state index contributed by atoms with van der Waals surface area (Å²) in [5.74, 6) is 0.833. The predicted octanol–water partition coefficient (Wildman–Crippen LogP) is 2.87. The third-order valence-electron chi connectivity index (χ3n) is 4.82. The topological polar surface area (TPSA) is 79.2 Å². The van der Waals surface area contributed by atoms with Crippen LogP contribution in [0.15, 0.2) is 42.5 Å². The first kappa shape index (κ1) is 20.1. The van der Waals surface area contributed by atoms with Gasteiger partial charge in [-0.3, -0.25) is 0 Å². The molecule has 1 saturated heterocycles. The molecule has 0 radical (unpaired) electrons. The lowest BCUT2D eigenvalue weighted by Gasteiger charge is -2.36. The zero-order chi connectivity index (χ0) is 19.4. The molecule has 0 aliphatic carbocycles. The van der Waals surface area contributed by atoms with Gasteiger partial charge in [0.2, 0.25) is 0 Å². The number of halogens is 1. The molecule has 2 aromatic rings. The van der Waals surface area contributed by atoms with Crippen molar-refractivity contribution >= 4 is 11.6 Å². The number of ether oxygens (including phenoxy) is 2. The number of aliphatic hydroxyl groups is 3. The molecule has 5 nitrogen and oxygen atoms in total. The Morgan fingerprint density at radius 1 is 1.15 bits per heavy atom. The van der Waals surface area contributed by atoms with Gasteiger partial charge in [-0.15, -0.1) is 0 Å². The summed E-state index contributed by atoms with van der Waals surface area (Å²) in [5, 5.41) is 30.0. The minimum atomic E-state index is -1.08. The average Bonchev–Trinajstić information content (AvgIpc) is 2.67. The average molecular weight is 393 g/mol. The Morgan fingerprint density at radius 2 is 1.89 bits per heavy atom. The Balaban J connectivity index is 1.78. The van der Waals surface area contributed by atoms with Gasteiger partial charge in [0.05, 0.1) is 25.4 Å². The SMILES string of the molecule is CCOc1ccc(Cc2cc(C3CC(O)[C@@H](O)C(CO)O3)ccc2Cl)cc1. The van der Waals surface area contributed by atoms with Crippen LogP contribution in [-0.2, 0) is 11.2 Å². The molecule has 3 N–H and O–H groups in total. The second kappa shape index (κ2) is 9.04. The first-order chi connectivity index (χ1) is 13.0. The van der Waals surface area contributed by atoms with Crippen molar-refractivity contribution < 1.29 is 24.8 Å². The van der Waals surface area contributed by atoms with Gasteiger partial charge in [-0.1, -0.05) is 35.9 Å². The molecule has 0 bridgehead atoms.